The van der Waals surface area contributed by atoms with Crippen molar-refractivity contribution >= 4 is 34.9 Å². The first-order valence-corrected chi connectivity index (χ1v) is 12.3. The Bertz CT molecular complexity index is 1200. The fourth-order valence-corrected chi connectivity index (χ4v) is 3.60. The third-order valence-electron chi connectivity index (χ3n) is 4.97. The minimum absolute atomic E-state index is 0.124. The molecule has 1 aliphatic rings. The summed E-state index contributed by atoms with van der Waals surface area (Å²) in [6.07, 6.45) is 3.51. The summed E-state index contributed by atoms with van der Waals surface area (Å²) in [6.45, 7) is 9.24. The number of anilines is 1. The molecule has 3 aromatic rings. The van der Waals surface area contributed by atoms with Crippen LogP contribution in [0.4, 0.5) is 19.3 Å². The molecule has 1 fully saturated rings. The number of aromatic nitrogens is 1. The molecule has 0 aliphatic carbocycles. The molecule has 2 heterocycles. The van der Waals surface area contributed by atoms with E-state index in [4.69, 9.17) is 23.2 Å². The number of pyridine rings is 1. The van der Waals surface area contributed by atoms with Gasteiger partial charge in [0.25, 0.3) is 0 Å². The Kier molecular flexibility index (Phi) is 10.8. The van der Waals surface area contributed by atoms with Gasteiger partial charge >= 0.3 is 6.03 Å². The average molecular weight is 547 g/mol. The second-order valence-electron chi connectivity index (χ2n) is 10.1. The molecule has 2 amide bonds. The first-order valence-electron chi connectivity index (χ1n) is 11.6. The molecule has 2 aromatic carbocycles. The van der Waals surface area contributed by atoms with E-state index in [9.17, 15) is 18.8 Å². The minimum atomic E-state index is -1.07. The number of benzene rings is 2. The third-order valence-corrected chi connectivity index (χ3v) is 5.51. The van der Waals surface area contributed by atoms with Gasteiger partial charge in [0.1, 0.15) is 17.0 Å². The summed E-state index contributed by atoms with van der Waals surface area (Å²) < 4.78 is 26.4. The van der Waals surface area contributed by atoms with Crippen molar-refractivity contribution < 1.29 is 13.6 Å². The van der Waals surface area contributed by atoms with Crippen LogP contribution in [0.1, 0.15) is 39.7 Å². The van der Waals surface area contributed by atoms with Gasteiger partial charge in [0, 0.05) is 41.8 Å². The zero-order chi connectivity index (χ0) is 27.6. The smallest absolute Gasteiger partial charge is 0.321 e. The van der Waals surface area contributed by atoms with Crippen LogP contribution in [0.5, 0.6) is 0 Å². The summed E-state index contributed by atoms with van der Waals surface area (Å²) in [4.78, 5) is 17.8. The Labute approximate surface area is 227 Å². The lowest BCUT2D eigenvalue weighted by molar-refractivity contribution is 0.221. The van der Waals surface area contributed by atoms with Crippen molar-refractivity contribution in [1.29, 1.82) is 5.26 Å². The normalized spacial score (nSPS) is 16.5. The van der Waals surface area contributed by atoms with Crippen LogP contribution in [0.15, 0.2) is 67.0 Å². The van der Waals surface area contributed by atoms with Crippen LogP contribution < -0.4 is 5.32 Å². The third kappa shape index (κ3) is 9.64. The number of carbonyl (C=O) groups is 1. The molecule has 1 N–H and O–H groups in total. The molecule has 1 aliphatic heterocycles. The van der Waals surface area contributed by atoms with E-state index in [0.717, 1.165) is 0 Å². The Balaban J connectivity index is 0.000000304. The summed E-state index contributed by atoms with van der Waals surface area (Å²) in [5.41, 5.74) is 0.320. The van der Waals surface area contributed by atoms with Gasteiger partial charge in [-0.3, -0.25) is 4.98 Å². The standard InChI is InChI=1S/C17H14ClFN4O.C6H4ClF.C5H12/c18-12-1-2-14(15(19)9-12)17(10-20)5-8-23(11-17)16(24)22-13-3-6-21-7-4-13;7-5-3-1-2-4-6(5)8;1-5(2,3)4/h1-4,6-7,9H,5,8,11H2,(H,21,22,24);1-4H;1-4H3. The average Bonchev–Trinajstić information content (AvgIpc) is 3.27. The van der Waals surface area contributed by atoms with Crippen molar-refractivity contribution in [3.63, 3.8) is 0 Å². The molecule has 1 atom stereocenters. The van der Waals surface area contributed by atoms with Gasteiger partial charge in [-0.1, -0.05) is 69.1 Å². The van der Waals surface area contributed by atoms with E-state index in [2.05, 4.69) is 44.1 Å². The van der Waals surface area contributed by atoms with Crippen molar-refractivity contribution in [3.8, 4) is 6.07 Å². The SMILES string of the molecule is CC(C)(C)C.Fc1ccccc1Cl.N#CC1(c2ccc(Cl)cc2F)CCN(C(=O)Nc2ccncc2)C1. The van der Waals surface area contributed by atoms with Crippen LogP contribution in [0.3, 0.4) is 0 Å². The molecule has 9 heteroatoms. The number of hydrogen-bond acceptors (Lipinski definition) is 3. The van der Waals surface area contributed by atoms with Gasteiger partial charge in [-0.25, -0.2) is 13.6 Å². The van der Waals surface area contributed by atoms with Gasteiger partial charge < -0.3 is 10.2 Å². The Morgan fingerprint density at radius 2 is 1.68 bits per heavy atom. The fourth-order valence-electron chi connectivity index (χ4n) is 3.31. The molecule has 4 rings (SSSR count). The predicted molar refractivity (Wildman–Crippen MR) is 145 cm³/mol. The maximum absolute atomic E-state index is 14.2. The number of nitrogens with zero attached hydrogens (tertiary/aromatic N) is 3. The zero-order valence-electron chi connectivity index (χ0n) is 21.2. The Morgan fingerprint density at radius 3 is 2.19 bits per heavy atom. The second kappa shape index (κ2) is 13.4. The zero-order valence-corrected chi connectivity index (χ0v) is 22.7. The summed E-state index contributed by atoms with van der Waals surface area (Å²) in [6, 6.07) is 15.6. The lowest BCUT2D eigenvalue weighted by Gasteiger charge is -2.23. The Morgan fingerprint density at radius 1 is 1.05 bits per heavy atom. The molecule has 0 radical (unpaired) electrons. The number of amides is 2. The van der Waals surface area contributed by atoms with Gasteiger partial charge in [0.05, 0.1) is 11.1 Å². The maximum Gasteiger partial charge on any atom is 0.321 e. The number of hydrogen-bond donors (Lipinski definition) is 1. The number of halogens is 4. The predicted octanol–water partition coefficient (Wildman–Crippen LogP) is 8.10. The monoisotopic (exact) mass is 546 g/mol. The van der Waals surface area contributed by atoms with E-state index < -0.39 is 11.2 Å². The van der Waals surface area contributed by atoms with Crippen LogP contribution >= 0.6 is 23.2 Å². The molecule has 1 unspecified atom stereocenters. The van der Waals surface area contributed by atoms with Crippen molar-refractivity contribution in [2.45, 2.75) is 39.5 Å². The molecule has 0 saturated carbocycles. The first kappa shape index (κ1) is 30.0. The largest absolute Gasteiger partial charge is 0.323 e. The van der Waals surface area contributed by atoms with Gasteiger partial charge in [0.15, 0.2) is 0 Å². The number of nitriles is 1. The van der Waals surface area contributed by atoms with E-state index in [-0.39, 0.29) is 34.0 Å². The molecule has 1 aromatic heterocycles. The molecular weight excluding hydrogens is 517 g/mol. The number of carbonyl (C=O) groups excluding carboxylic acids is 1. The van der Waals surface area contributed by atoms with Crippen molar-refractivity contribution in [2.24, 2.45) is 5.41 Å². The first-order chi connectivity index (χ1) is 17.3. The number of likely N-dealkylation sites (tertiary alicyclic amines) is 1. The number of rotatable bonds is 2. The molecule has 196 valence electrons. The molecule has 5 nitrogen and oxygen atoms in total. The topological polar surface area (TPSA) is 69.0 Å². The molecule has 37 heavy (non-hydrogen) atoms. The highest BCUT2D eigenvalue weighted by Gasteiger charge is 2.43. The van der Waals surface area contributed by atoms with Crippen molar-refractivity contribution in [1.82, 2.24) is 9.88 Å². The molecular formula is C28H30Cl2F2N4O. The van der Waals surface area contributed by atoms with Crippen LogP contribution in [0.25, 0.3) is 0 Å². The summed E-state index contributed by atoms with van der Waals surface area (Å²) in [5.74, 6) is -0.894. The van der Waals surface area contributed by atoms with E-state index >= 15 is 0 Å². The lowest BCUT2D eigenvalue weighted by Crippen LogP contribution is -2.36. The number of nitrogens with one attached hydrogen (secondary N) is 1. The van der Waals surface area contributed by atoms with E-state index in [1.54, 1.807) is 42.7 Å². The van der Waals surface area contributed by atoms with Gasteiger partial charge in [-0.2, -0.15) is 5.26 Å². The van der Waals surface area contributed by atoms with Crippen molar-refractivity contribution in [2.75, 3.05) is 18.4 Å². The fraction of sp³-hybridized carbons (Fsp3) is 0.321. The molecule has 0 spiro atoms. The summed E-state index contributed by atoms with van der Waals surface area (Å²) >= 11 is 11.1. The van der Waals surface area contributed by atoms with Gasteiger partial charge in [-0.05, 0) is 48.2 Å². The van der Waals surface area contributed by atoms with Crippen LogP contribution in [0, 0.1) is 28.4 Å². The van der Waals surface area contributed by atoms with Crippen LogP contribution in [-0.2, 0) is 5.41 Å². The van der Waals surface area contributed by atoms with Gasteiger partial charge in [-0.15, -0.1) is 0 Å². The van der Waals surface area contributed by atoms with E-state index in [1.165, 1.54) is 29.2 Å². The van der Waals surface area contributed by atoms with E-state index in [0.29, 0.717) is 24.1 Å². The quantitative estimate of drug-likeness (QED) is 0.353. The number of urea groups is 1. The highest BCUT2D eigenvalue weighted by Crippen LogP contribution is 2.36. The highest BCUT2D eigenvalue weighted by molar-refractivity contribution is 6.30. The van der Waals surface area contributed by atoms with Crippen LogP contribution in [-0.4, -0.2) is 29.0 Å². The summed E-state index contributed by atoms with van der Waals surface area (Å²) in [5, 5.41) is 12.8. The summed E-state index contributed by atoms with van der Waals surface area (Å²) in [7, 11) is 0. The molecule has 0 bridgehead atoms. The van der Waals surface area contributed by atoms with Crippen LogP contribution in [0.2, 0.25) is 10.0 Å². The van der Waals surface area contributed by atoms with E-state index in [1.807, 2.05) is 0 Å². The van der Waals surface area contributed by atoms with Gasteiger partial charge in [0.2, 0.25) is 0 Å². The second-order valence-corrected chi connectivity index (χ2v) is 10.9. The lowest BCUT2D eigenvalue weighted by atomic mass is 9.81. The minimum Gasteiger partial charge on any atom is -0.323 e. The Hall–Kier alpha value is -3.21. The molecule has 1 saturated heterocycles. The maximum atomic E-state index is 14.2. The van der Waals surface area contributed by atoms with Crippen molar-refractivity contribution in [3.05, 3.63) is 94.2 Å². The highest BCUT2D eigenvalue weighted by atomic mass is 35.5.